The molecule has 0 bridgehead atoms. The van der Waals surface area contributed by atoms with Crippen molar-refractivity contribution in [2.24, 2.45) is 16.7 Å². The summed E-state index contributed by atoms with van der Waals surface area (Å²) >= 11 is 0. The minimum Gasteiger partial charge on any atom is -0.103 e. The second-order valence-corrected chi connectivity index (χ2v) is 10.1. The summed E-state index contributed by atoms with van der Waals surface area (Å²) in [5.41, 5.74) is 1.29. The molecule has 0 amide bonds. The third kappa shape index (κ3) is 7.10. The first kappa shape index (κ1) is 21.0. The quantitative estimate of drug-likeness (QED) is 0.289. The SMILES string of the molecule is C=CCCCCC(CCC1(C)CCCCCCC1)C1(C)CCCCC1. The third-order valence-electron chi connectivity index (χ3n) is 7.85. The van der Waals surface area contributed by atoms with E-state index in [0.717, 1.165) is 5.92 Å². The number of hydrogen-bond donors (Lipinski definition) is 0. The van der Waals surface area contributed by atoms with E-state index in [1.165, 1.54) is 116 Å². The van der Waals surface area contributed by atoms with Crippen LogP contribution in [0.3, 0.4) is 0 Å². The molecule has 0 heterocycles. The van der Waals surface area contributed by atoms with E-state index >= 15 is 0 Å². The molecule has 0 aromatic rings. The molecule has 2 rings (SSSR count). The molecule has 0 nitrogen and oxygen atoms in total. The van der Waals surface area contributed by atoms with E-state index in [9.17, 15) is 0 Å². The van der Waals surface area contributed by atoms with Crippen LogP contribution in [0.15, 0.2) is 12.7 Å². The first-order valence-electron chi connectivity index (χ1n) is 11.7. The van der Waals surface area contributed by atoms with Gasteiger partial charge in [0.1, 0.15) is 0 Å². The van der Waals surface area contributed by atoms with E-state index in [1.54, 1.807) is 0 Å². The summed E-state index contributed by atoms with van der Waals surface area (Å²) in [5, 5.41) is 0. The van der Waals surface area contributed by atoms with Crippen molar-refractivity contribution in [3.8, 4) is 0 Å². The molecule has 25 heavy (non-hydrogen) atoms. The average molecular weight is 347 g/mol. The molecule has 0 aromatic heterocycles. The molecule has 2 aliphatic carbocycles. The molecule has 0 spiro atoms. The summed E-state index contributed by atoms with van der Waals surface area (Å²) in [6.45, 7) is 9.17. The summed E-state index contributed by atoms with van der Waals surface area (Å²) in [5.74, 6) is 0.972. The predicted molar refractivity (Wildman–Crippen MR) is 113 cm³/mol. The van der Waals surface area contributed by atoms with Gasteiger partial charge < -0.3 is 0 Å². The van der Waals surface area contributed by atoms with Crippen molar-refractivity contribution in [3.05, 3.63) is 12.7 Å². The number of rotatable bonds is 9. The Morgan fingerprint density at radius 3 is 1.96 bits per heavy atom. The summed E-state index contributed by atoms with van der Waals surface area (Å²) in [7, 11) is 0. The van der Waals surface area contributed by atoms with Gasteiger partial charge in [-0.05, 0) is 74.5 Å². The lowest BCUT2D eigenvalue weighted by Crippen LogP contribution is -2.31. The predicted octanol–water partition coefficient (Wildman–Crippen LogP) is 8.85. The largest absolute Gasteiger partial charge is 0.103 e. The van der Waals surface area contributed by atoms with Crippen molar-refractivity contribution in [3.63, 3.8) is 0 Å². The Morgan fingerprint density at radius 2 is 1.32 bits per heavy atom. The normalized spacial score (nSPS) is 24.9. The van der Waals surface area contributed by atoms with Crippen molar-refractivity contribution in [2.75, 3.05) is 0 Å². The van der Waals surface area contributed by atoms with Gasteiger partial charge in [-0.3, -0.25) is 0 Å². The van der Waals surface area contributed by atoms with E-state index in [2.05, 4.69) is 26.5 Å². The van der Waals surface area contributed by atoms with Crippen molar-refractivity contribution < 1.29 is 0 Å². The summed E-state index contributed by atoms with van der Waals surface area (Å²) < 4.78 is 0. The molecule has 2 aliphatic rings. The lowest BCUT2D eigenvalue weighted by Gasteiger charge is -2.43. The summed E-state index contributed by atoms with van der Waals surface area (Å²) in [4.78, 5) is 0. The lowest BCUT2D eigenvalue weighted by atomic mass is 9.62. The van der Waals surface area contributed by atoms with Crippen LogP contribution in [0.5, 0.6) is 0 Å². The second kappa shape index (κ2) is 10.8. The number of hydrogen-bond acceptors (Lipinski definition) is 0. The molecular weight excluding hydrogens is 300 g/mol. The van der Waals surface area contributed by atoms with Gasteiger partial charge in [0.25, 0.3) is 0 Å². The van der Waals surface area contributed by atoms with Crippen molar-refractivity contribution in [1.29, 1.82) is 0 Å². The van der Waals surface area contributed by atoms with Crippen LogP contribution in [0, 0.1) is 16.7 Å². The Labute approximate surface area is 159 Å². The molecule has 0 heteroatoms. The van der Waals surface area contributed by atoms with Crippen molar-refractivity contribution in [1.82, 2.24) is 0 Å². The molecule has 2 saturated carbocycles. The fourth-order valence-electron chi connectivity index (χ4n) is 5.82. The minimum atomic E-state index is 0.643. The molecule has 2 fully saturated rings. The molecule has 0 saturated heterocycles. The van der Waals surface area contributed by atoms with Crippen molar-refractivity contribution >= 4 is 0 Å². The zero-order valence-corrected chi connectivity index (χ0v) is 17.6. The van der Waals surface area contributed by atoms with Crippen molar-refractivity contribution in [2.45, 2.75) is 129 Å². The average Bonchev–Trinajstić information content (AvgIpc) is 2.58. The Hall–Kier alpha value is -0.260. The molecule has 146 valence electrons. The van der Waals surface area contributed by atoms with Gasteiger partial charge in [0.05, 0.1) is 0 Å². The molecule has 1 atom stereocenters. The van der Waals surface area contributed by atoms with Gasteiger partial charge in [0.15, 0.2) is 0 Å². The first-order valence-corrected chi connectivity index (χ1v) is 11.7. The van der Waals surface area contributed by atoms with E-state index in [4.69, 9.17) is 0 Å². The van der Waals surface area contributed by atoms with Gasteiger partial charge in [-0.15, -0.1) is 6.58 Å². The fourth-order valence-corrected chi connectivity index (χ4v) is 5.82. The van der Waals surface area contributed by atoms with Crippen LogP contribution in [0.1, 0.15) is 129 Å². The Bertz CT molecular complexity index is 352. The van der Waals surface area contributed by atoms with Gasteiger partial charge in [-0.1, -0.05) is 77.7 Å². The summed E-state index contributed by atoms with van der Waals surface area (Å²) in [6, 6.07) is 0. The standard InChI is InChI=1S/C25H46/c1-4-5-6-11-16-23(25(3)20-14-10-15-21-25)17-22-24(2)18-12-8-7-9-13-19-24/h4,23H,1,5-22H2,2-3H3. The third-order valence-corrected chi connectivity index (χ3v) is 7.85. The van der Waals surface area contributed by atoms with Gasteiger partial charge in [0.2, 0.25) is 0 Å². The van der Waals surface area contributed by atoms with Crippen LogP contribution in [0.2, 0.25) is 0 Å². The molecule has 0 aromatic carbocycles. The highest BCUT2D eigenvalue weighted by atomic mass is 14.4. The van der Waals surface area contributed by atoms with Gasteiger partial charge in [0, 0.05) is 0 Å². The smallest absolute Gasteiger partial charge is 0.0298 e. The topological polar surface area (TPSA) is 0 Å². The van der Waals surface area contributed by atoms with Crippen LogP contribution >= 0.6 is 0 Å². The van der Waals surface area contributed by atoms with Crippen LogP contribution in [0.25, 0.3) is 0 Å². The Kier molecular flexibility index (Phi) is 9.08. The van der Waals surface area contributed by atoms with Crippen LogP contribution in [-0.4, -0.2) is 0 Å². The Morgan fingerprint density at radius 1 is 0.760 bits per heavy atom. The maximum absolute atomic E-state index is 3.90. The van der Waals surface area contributed by atoms with E-state index in [1.807, 2.05) is 0 Å². The maximum atomic E-state index is 3.90. The Balaban J connectivity index is 1.92. The zero-order valence-electron chi connectivity index (χ0n) is 17.6. The van der Waals surface area contributed by atoms with Gasteiger partial charge in [-0.25, -0.2) is 0 Å². The van der Waals surface area contributed by atoms with Gasteiger partial charge >= 0.3 is 0 Å². The minimum absolute atomic E-state index is 0.643. The molecule has 0 radical (unpaired) electrons. The number of unbranched alkanes of at least 4 members (excludes halogenated alkanes) is 2. The maximum Gasteiger partial charge on any atom is -0.0298 e. The lowest BCUT2D eigenvalue weighted by molar-refractivity contribution is 0.0827. The second-order valence-electron chi connectivity index (χ2n) is 10.1. The van der Waals surface area contributed by atoms with E-state index in [-0.39, 0.29) is 0 Å². The monoisotopic (exact) mass is 346 g/mol. The first-order chi connectivity index (χ1) is 12.1. The molecular formula is C25H46. The number of allylic oxidation sites excluding steroid dienone is 1. The summed E-state index contributed by atoms with van der Waals surface area (Å²) in [6.07, 6.45) is 28.4. The van der Waals surface area contributed by atoms with Crippen LogP contribution < -0.4 is 0 Å². The highest BCUT2D eigenvalue weighted by Crippen LogP contribution is 2.48. The molecule has 0 aliphatic heterocycles. The van der Waals surface area contributed by atoms with Crippen LogP contribution in [-0.2, 0) is 0 Å². The molecule has 1 unspecified atom stereocenters. The highest BCUT2D eigenvalue weighted by molar-refractivity contribution is 4.88. The highest BCUT2D eigenvalue weighted by Gasteiger charge is 2.36. The van der Waals surface area contributed by atoms with E-state index in [0.29, 0.717) is 10.8 Å². The fraction of sp³-hybridized carbons (Fsp3) is 0.920. The molecule has 0 N–H and O–H groups in total. The zero-order chi connectivity index (χ0) is 18.0. The van der Waals surface area contributed by atoms with Gasteiger partial charge in [-0.2, -0.15) is 0 Å². The van der Waals surface area contributed by atoms with E-state index < -0.39 is 0 Å². The van der Waals surface area contributed by atoms with Crippen LogP contribution in [0.4, 0.5) is 0 Å².